The summed E-state index contributed by atoms with van der Waals surface area (Å²) in [5.74, 6) is -190. The quantitative estimate of drug-likeness (QED) is 0.0614. The van der Waals surface area contributed by atoms with Gasteiger partial charge < -0.3 is 4.74 Å². The van der Waals surface area contributed by atoms with Gasteiger partial charge in [-0.1, -0.05) is 0 Å². The van der Waals surface area contributed by atoms with E-state index in [-0.39, 0.29) is 0 Å². The highest BCUT2D eigenvalue weighted by atomic mass is 19.5. The molecule has 0 aliphatic rings. The third kappa shape index (κ3) is 9.87. The first-order chi connectivity index (χ1) is 34.0. The Labute approximate surface area is 400 Å². The zero-order chi connectivity index (χ0) is 67.3. The van der Waals surface area contributed by atoms with Crippen LogP contribution in [0.25, 0.3) is 0 Å². The van der Waals surface area contributed by atoms with Gasteiger partial charge in [-0.25, -0.2) is 9.59 Å². The molecule has 0 fully saturated rings. The smallest absolute Gasteiger partial charge is 0.384 e. The molecule has 55 heteroatoms. The molecule has 5 nitrogen and oxygen atoms in total. The Hall–Kier alpha value is -4.44. The Morgan fingerprint density at radius 1 is 0.173 bits per heavy atom. The molecule has 0 heterocycles. The fraction of sp³-hybridized carbons (Fsp3) is 0.923. The van der Waals surface area contributed by atoms with Gasteiger partial charge in [0.15, 0.2) is 0 Å². The molecule has 0 rings (SSSR count). The minimum atomic E-state index is -10.3. The SMILES string of the molecule is O=C(OC(=O)C(F)(OC(F)(F)C(F)(F)C(F)(F)C(F)(F)C(F)(F)C(F)(F)C(F)(F)C(F)(F)C(F)(F)C(F)(F)F)C(F)(F)F)C(F)(OC(F)(F)C(F)(F)C(F)(F)C(F)(F)C(F)(F)C(F)(F)C(F)(F)C(F)(F)C(F)(F)C(F)(F)F)C(F)(F)F. The third-order valence-electron chi connectivity index (χ3n) is 8.94. The highest BCUT2D eigenvalue weighted by molar-refractivity contribution is 5.93. The second-order valence-corrected chi connectivity index (χ2v) is 14.3. The first-order valence-corrected chi connectivity index (χ1v) is 16.6. The minimum absolute atomic E-state index is 0.711. The van der Waals surface area contributed by atoms with Gasteiger partial charge in [0, 0.05) is 0 Å². The van der Waals surface area contributed by atoms with Gasteiger partial charge >= 0.3 is 155 Å². The fourth-order valence-corrected chi connectivity index (χ4v) is 4.22. The summed E-state index contributed by atoms with van der Waals surface area (Å²) in [6.07, 6.45) is -54.6. The number of ether oxygens (including phenoxy) is 3. The number of halogens is 50. The molecule has 0 radical (unpaired) electrons. The predicted octanol–water partition coefficient (Wildman–Crippen LogP) is 15.0. The van der Waals surface area contributed by atoms with Gasteiger partial charge in [-0.15, -0.1) is 0 Å². The summed E-state index contributed by atoms with van der Waals surface area (Å²) in [6.45, 7) is 0. The Balaban J connectivity index is 7.90. The predicted molar refractivity (Wildman–Crippen MR) is 134 cm³/mol. The Morgan fingerprint density at radius 3 is 0.420 bits per heavy atom. The van der Waals surface area contributed by atoms with E-state index in [1.165, 1.54) is 4.74 Å². The molecule has 0 bridgehead atoms. The zero-order valence-electron chi connectivity index (χ0n) is 33.9. The molecule has 484 valence electrons. The molecule has 0 aliphatic carbocycles. The van der Waals surface area contributed by atoms with Crippen molar-refractivity contribution in [3.8, 4) is 0 Å². The van der Waals surface area contributed by atoms with Crippen LogP contribution < -0.4 is 0 Å². The molecule has 0 spiro atoms. The van der Waals surface area contributed by atoms with Gasteiger partial charge in [-0.3, -0.25) is 9.47 Å². The molecule has 0 aromatic heterocycles. The number of hydrogen-bond acceptors (Lipinski definition) is 5. The number of hydrogen-bond donors (Lipinski definition) is 0. The van der Waals surface area contributed by atoms with Gasteiger partial charge in [0.2, 0.25) is 0 Å². The van der Waals surface area contributed by atoms with Crippen LogP contribution in [-0.2, 0) is 23.8 Å². The molecule has 0 aromatic carbocycles. The van der Waals surface area contributed by atoms with Gasteiger partial charge in [-0.2, -0.15) is 220 Å². The van der Waals surface area contributed by atoms with Gasteiger partial charge in [0.1, 0.15) is 0 Å². The molecule has 81 heavy (non-hydrogen) atoms. The van der Waals surface area contributed by atoms with E-state index in [0.29, 0.717) is 9.47 Å². The largest absolute Gasteiger partial charge is 0.460 e. The van der Waals surface area contributed by atoms with Gasteiger partial charge in [0.05, 0.1) is 0 Å². The maximum Gasteiger partial charge on any atom is 0.460 e. The summed E-state index contributed by atoms with van der Waals surface area (Å²) in [5.41, 5.74) is 0. The summed E-state index contributed by atoms with van der Waals surface area (Å²) >= 11 is 0. The van der Waals surface area contributed by atoms with Crippen LogP contribution in [-0.4, -0.2) is 155 Å². The van der Waals surface area contributed by atoms with Crippen LogP contribution in [0.5, 0.6) is 0 Å². The van der Waals surface area contributed by atoms with Crippen LogP contribution in [0.1, 0.15) is 0 Å². The molecule has 0 saturated heterocycles. The van der Waals surface area contributed by atoms with Crippen LogP contribution in [0, 0.1) is 0 Å². The zero-order valence-corrected chi connectivity index (χ0v) is 33.9. The summed E-state index contributed by atoms with van der Waals surface area (Å²) in [6, 6.07) is 0. The van der Waals surface area contributed by atoms with Crippen LogP contribution in [0.4, 0.5) is 220 Å². The van der Waals surface area contributed by atoms with Crippen molar-refractivity contribution in [2.75, 3.05) is 0 Å². The maximum atomic E-state index is 14.6. The van der Waals surface area contributed by atoms with Crippen molar-refractivity contribution in [1.82, 2.24) is 0 Å². The van der Waals surface area contributed by atoms with E-state index in [0.717, 1.165) is 0 Å². The lowest BCUT2D eigenvalue weighted by atomic mass is 9.87. The van der Waals surface area contributed by atoms with Gasteiger partial charge in [-0.05, 0) is 0 Å². The van der Waals surface area contributed by atoms with E-state index < -0.39 is 155 Å². The topological polar surface area (TPSA) is 61.8 Å². The van der Waals surface area contributed by atoms with E-state index in [4.69, 9.17) is 0 Å². The lowest BCUT2D eigenvalue weighted by molar-refractivity contribution is -0.501. The van der Waals surface area contributed by atoms with E-state index in [9.17, 15) is 229 Å². The second kappa shape index (κ2) is 19.0. The molecule has 0 N–H and O–H groups in total. The maximum absolute atomic E-state index is 14.6. The summed E-state index contributed by atoms with van der Waals surface area (Å²) in [4.78, 5) is 23.0. The van der Waals surface area contributed by atoms with Crippen molar-refractivity contribution in [3.05, 3.63) is 0 Å². The van der Waals surface area contributed by atoms with Crippen molar-refractivity contribution < 1.29 is 243 Å². The standard InChI is InChI=1S/C26F50O5/c27-3(21(61,62)63,80-25(73,74)19(57,58)15(49,50)11(41,42)7(33,34)5(29,30)9(37,38)13(45,46)17(53,54)23(67,68)69)1(77)79-2(78)4(28,22(64,65)66)81-26(75,76)20(59,60)16(51,52)12(43,44)8(35,36)6(31,32)10(39,40)14(47,48)18(55,56)24(70,71)72. The number of rotatable bonds is 22. The van der Waals surface area contributed by atoms with E-state index in [2.05, 4.69) is 0 Å². The number of carbonyl (C=O) groups excluding carboxylic acids is 2. The molecular formula is C26F50O5. The lowest BCUT2D eigenvalue weighted by Crippen LogP contribution is -2.77. The Morgan fingerprint density at radius 2 is 0.296 bits per heavy atom. The van der Waals surface area contributed by atoms with Crippen LogP contribution in [0.2, 0.25) is 0 Å². The first kappa shape index (κ1) is 76.6. The van der Waals surface area contributed by atoms with Crippen molar-refractivity contribution in [2.24, 2.45) is 0 Å². The van der Waals surface area contributed by atoms with Crippen molar-refractivity contribution in [2.45, 2.75) is 143 Å². The van der Waals surface area contributed by atoms with Crippen molar-refractivity contribution >= 4 is 11.9 Å². The van der Waals surface area contributed by atoms with Crippen LogP contribution in [0.15, 0.2) is 0 Å². The lowest BCUT2D eigenvalue weighted by Gasteiger charge is -2.44. The average Bonchev–Trinajstić information content (AvgIpc) is 3.20. The van der Waals surface area contributed by atoms with E-state index >= 15 is 0 Å². The minimum Gasteiger partial charge on any atom is -0.384 e. The van der Waals surface area contributed by atoms with Crippen LogP contribution >= 0.6 is 0 Å². The van der Waals surface area contributed by atoms with Crippen LogP contribution in [0.3, 0.4) is 0 Å². The molecule has 0 saturated carbocycles. The molecular weight excluding hydrogens is 1340 g/mol. The third-order valence-corrected chi connectivity index (χ3v) is 8.94. The molecule has 2 unspecified atom stereocenters. The highest BCUT2D eigenvalue weighted by Gasteiger charge is 3.01. The monoisotopic (exact) mass is 1340 g/mol. The molecule has 0 amide bonds. The molecule has 2 atom stereocenters. The number of alkyl halides is 50. The summed E-state index contributed by atoms with van der Waals surface area (Å²) < 4.78 is 679. The van der Waals surface area contributed by atoms with Gasteiger partial charge in [0.25, 0.3) is 0 Å². The first-order valence-electron chi connectivity index (χ1n) is 16.6. The van der Waals surface area contributed by atoms with E-state index in [1.807, 2.05) is 0 Å². The Bertz CT molecular complexity index is 2150. The normalized spacial score (nSPS) is 18.1. The molecule has 0 aliphatic heterocycles. The second-order valence-electron chi connectivity index (χ2n) is 14.3. The Kier molecular flexibility index (Phi) is 18.0. The molecule has 0 aromatic rings. The highest BCUT2D eigenvalue weighted by Crippen LogP contribution is 2.69. The average molecular weight is 1340 g/mol. The van der Waals surface area contributed by atoms with Crippen molar-refractivity contribution in [1.29, 1.82) is 0 Å². The summed E-state index contributed by atoms with van der Waals surface area (Å²) in [7, 11) is 0. The van der Waals surface area contributed by atoms with Crippen molar-refractivity contribution in [3.63, 3.8) is 0 Å². The number of esters is 2. The summed E-state index contributed by atoms with van der Waals surface area (Å²) in [5, 5.41) is 0. The fourth-order valence-electron chi connectivity index (χ4n) is 4.22. The number of carbonyl (C=O) groups is 2. The van der Waals surface area contributed by atoms with E-state index in [1.54, 1.807) is 0 Å².